The largest absolute Gasteiger partial charge is 0.254 e. The maximum atomic E-state index is 4.30. The third-order valence-electron chi connectivity index (χ3n) is 3.43. The van der Waals surface area contributed by atoms with Gasteiger partial charge in [-0.05, 0) is 23.6 Å². The van der Waals surface area contributed by atoms with Gasteiger partial charge in [0.15, 0.2) is 0 Å². The van der Waals surface area contributed by atoms with Crippen molar-refractivity contribution in [2.24, 2.45) is 0 Å². The molecular weight excluding hydrogens is 260 g/mol. The number of aromatic nitrogens is 4. The fraction of sp³-hybridized carbons (Fsp3) is 0. The van der Waals surface area contributed by atoms with Gasteiger partial charge in [-0.3, -0.25) is 4.98 Å². The lowest BCUT2D eigenvalue weighted by atomic mass is 10.1. The molecule has 4 aromatic rings. The van der Waals surface area contributed by atoms with E-state index in [1.54, 1.807) is 10.9 Å². The van der Waals surface area contributed by atoms with Crippen molar-refractivity contribution in [1.82, 2.24) is 20.0 Å². The highest BCUT2D eigenvalue weighted by atomic mass is 15.4. The average molecular weight is 272 g/mol. The van der Waals surface area contributed by atoms with E-state index in [1.165, 1.54) is 5.39 Å². The van der Waals surface area contributed by atoms with E-state index in [0.29, 0.717) is 0 Å². The molecule has 0 fully saturated rings. The van der Waals surface area contributed by atoms with E-state index >= 15 is 0 Å². The predicted molar refractivity (Wildman–Crippen MR) is 82.1 cm³/mol. The van der Waals surface area contributed by atoms with Crippen LogP contribution in [0.1, 0.15) is 0 Å². The van der Waals surface area contributed by atoms with Gasteiger partial charge in [0.1, 0.15) is 5.69 Å². The molecule has 0 N–H and O–H groups in total. The monoisotopic (exact) mass is 272 g/mol. The van der Waals surface area contributed by atoms with E-state index < -0.39 is 0 Å². The Kier molecular flexibility index (Phi) is 2.71. The zero-order valence-corrected chi connectivity index (χ0v) is 11.2. The summed E-state index contributed by atoms with van der Waals surface area (Å²) in [6, 6.07) is 20.2. The number of hydrogen-bond donors (Lipinski definition) is 0. The van der Waals surface area contributed by atoms with Crippen LogP contribution in [0, 0.1) is 0 Å². The number of benzene rings is 2. The minimum atomic E-state index is 0.767. The van der Waals surface area contributed by atoms with Crippen LogP contribution in [0.4, 0.5) is 0 Å². The first kappa shape index (κ1) is 11.8. The molecule has 2 aromatic carbocycles. The summed E-state index contributed by atoms with van der Waals surface area (Å²) in [6.07, 6.45) is 3.66. The van der Waals surface area contributed by atoms with E-state index in [9.17, 15) is 0 Å². The van der Waals surface area contributed by atoms with Gasteiger partial charge in [-0.2, -0.15) is 0 Å². The first-order chi connectivity index (χ1) is 10.4. The highest BCUT2D eigenvalue weighted by Crippen LogP contribution is 2.22. The summed E-state index contributed by atoms with van der Waals surface area (Å²) in [5.74, 6) is 0. The summed E-state index contributed by atoms with van der Waals surface area (Å²) in [4.78, 5) is 4.30. The summed E-state index contributed by atoms with van der Waals surface area (Å²) in [5, 5.41) is 10.8. The summed E-state index contributed by atoms with van der Waals surface area (Å²) in [7, 11) is 0. The zero-order chi connectivity index (χ0) is 14.1. The van der Waals surface area contributed by atoms with Gasteiger partial charge in [0.25, 0.3) is 0 Å². The number of fused-ring (bicyclic) bond motifs is 1. The average Bonchev–Trinajstić information content (AvgIpc) is 3.05. The van der Waals surface area contributed by atoms with Crippen molar-refractivity contribution in [1.29, 1.82) is 0 Å². The fourth-order valence-electron chi connectivity index (χ4n) is 2.42. The van der Waals surface area contributed by atoms with Gasteiger partial charge in [0, 0.05) is 11.6 Å². The van der Waals surface area contributed by atoms with Crippen LogP contribution in [0.25, 0.3) is 27.8 Å². The second kappa shape index (κ2) is 4.83. The maximum absolute atomic E-state index is 4.30. The van der Waals surface area contributed by atoms with E-state index in [-0.39, 0.29) is 0 Å². The lowest BCUT2D eigenvalue weighted by molar-refractivity contribution is 0.808. The molecule has 0 aliphatic carbocycles. The summed E-state index contributed by atoms with van der Waals surface area (Å²) >= 11 is 0. The highest BCUT2D eigenvalue weighted by Gasteiger charge is 2.08. The van der Waals surface area contributed by atoms with Gasteiger partial charge in [-0.1, -0.05) is 47.7 Å². The third kappa shape index (κ3) is 2.07. The van der Waals surface area contributed by atoms with Gasteiger partial charge in [-0.25, -0.2) is 4.68 Å². The Morgan fingerprint density at radius 1 is 0.762 bits per heavy atom. The zero-order valence-electron chi connectivity index (χ0n) is 11.2. The van der Waals surface area contributed by atoms with Gasteiger partial charge in [-0.15, -0.1) is 5.10 Å². The summed E-state index contributed by atoms with van der Waals surface area (Å²) < 4.78 is 1.80. The van der Waals surface area contributed by atoms with E-state index in [2.05, 4.69) is 33.5 Å². The van der Waals surface area contributed by atoms with E-state index in [0.717, 1.165) is 22.5 Å². The summed E-state index contributed by atoms with van der Waals surface area (Å²) in [5.41, 5.74) is 2.61. The highest BCUT2D eigenvalue weighted by molar-refractivity contribution is 5.90. The topological polar surface area (TPSA) is 43.6 Å². The van der Waals surface area contributed by atoms with Crippen molar-refractivity contribution in [2.45, 2.75) is 0 Å². The lowest BCUT2D eigenvalue weighted by Gasteiger charge is -2.05. The minimum Gasteiger partial charge on any atom is -0.254 e. The van der Waals surface area contributed by atoms with Crippen LogP contribution in [0.3, 0.4) is 0 Å². The van der Waals surface area contributed by atoms with Crippen molar-refractivity contribution >= 4 is 10.8 Å². The SMILES string of the molecule is c1ccc(-c2cn(-c3cccc4ccccc34)nn2)nc1. The Balaban J connectivity index is 1.85. The van der Waals surface area contributed by atoms with Gasteiger partial charge < -0.3 is 0 Å². The molecule has 4 rings (SSSR count). The normalized spacial score (nSPS) is 10.9. The third-order valence-corrected chi connectivity index (χ3v) is 3.43. The number of nitrogens with zero attached hydrogens (tertiary/aromatic N) is 4. The molecule has 0 bridgehead atoms. The first-order valence-electron chi connectivity index (χ1n) is 6.74. The lowest BCUT2D eigenvalue weighted by Crippen LogP contribution is -1.95. The molecule has 0 unspecified atom stereocenters. The second-order valence-corrected chi connectivity index (χ2v) is 4.76. The molecule has 100 valence electrons. The van der Waals surface area contributed by atoms with Crippen LogP contribution < -0.4 is 0 Å². The second-order valence-electron chi connectivity index (χ2n) is 4.76. The molecule has 0 amide bonds. The summed E-state index contributed by atoms with van der Waals surface area (Å²) in [6.45, 7) is 0. The Morgan fingerprint density at radius 2 is 1.62 bits per heavy atom. The molecule has 4 nitrogen and oxygen atoms in total. The molecular formula is C17H12N4. The van der Waals surface area contributed by atoms with Crippen molar-refractivity contribution < 1.29 is 0 Å². The maximum Gasteiger partial charge on any atom is 0.131 e. The number of rotatable bonds is 2. The molecule has 0 aliphatic rings. The Labute approximate surface area is 121 Å². The van der Waals surface area contributed by atoms with Crippen molar-refractivity contribution in [3.8, 4) is 17.1 Å². The standard InChI is InChI=1S/C17H12N4/c1-2-8-14-13(6-1)7-5-10-17(14)21-12-16(19-20-21)15-9-3-4-11-18-15/h1-12H. The minimum absolute atomic E-state index is 0.767. The first-order valence-corrected chi connectivity index (χ1v) is 6.74. The van der Waals surface area contributed by atoms with Crippen LogP contribution in [0.2, 0.25) is 0 Å². The van der Waals surface area contributed by atoms with Crippen molar-refractivity contribution in [3.63, 3.8) is 0 Å². The molecule has 0 saturated heterocycles. The Hall–Kier alpha value is -3.01. The quantitative estimate of drug-likeness (QED) is 0.561. The van der Waals surface area contributed by atoms with Crippen LogP contribution in [0.15, 0.2) is 73.1 Å². The molecule has 4 heteroatoms. The molecule has 0 aliphatic heterocycles. The smallest absolute Gasteiger partial charge is 0.131 e. The van der Waals surface area contributed by atoms with E-state index in [4.69, 9.17) is 0 Å². The van der Waals surface area contributed by atoms with Crippen molar-refractivity contribution in [2.75, 3.05) is 0 Å². The molecule has 2 heterocycles. The molecule has 0 saturated carbocycles. The molecule has 0 spiro atoms. The van der Waals surface area contributed by atoms with E-state index in [1.807, 2.05) is 48.7 Å². The molecule has 21 heavy (non-hydrogen) atoms. The van der Waals surface area contributed by atoms with Gasteiger partial charge >= 0.3 is 0 Å². The Bertz CT molecular complexity index is 891. The Morgan fingerprint density at radius 3 is 2.52 bits per heavy atom. The van der Waals surface area contributed by atoms with Crippen LogP contribution >= 0.6 is 0 Å². The van der Waals surface area contributed by atoms with Gasteiger partial charge in [0.05, 0.1) is 17.6 Å². The van der Waals surface area contributed by atoms with Crippen LogP contribution in [-0.4, -0.2) is 20.0 Å². The fourth-order valence-corrected chi connectivity index (χ4v) is 2.42. The molecule has 2 aromatic heterocycles. The van der Waals surface area contributed by atoms with Gasteiger partial charge in [0.2, 0.25) is 0 Å². The molecule has 0 radical (unpaired) electrons. The van der Waals surface area contributed by atoms with Crippen LogP contribution in [-0.2, 0) is 0 Å². The molecule has 0 atom stereocenters. The number of pyridine rings is 1. The number of hydrogen-bond acceptors (Lipinski definition) is 3. The van der Waals surface area contributed by atoms with Crippen molar-refractivity contribution in [3.05, 3.63) is 73.1 Å². The predicted octanol–water partition coefficient (Wildman–Crippen LogP) is 3.48. The van der Waals surface area contributed by atoms with Crippen LogP contribution in [0.5, 0.6) is 0 Å².